The zero-order valence-electron chi connectivity index (χ0n) is 8.70. The van der Waals surface area contributed by atoms with E-state index in [0.717, 1.165) is 14.6 Å². The number of carbonyl (C=O) groups is 1. The number of thiazole rings is 1. The van der Waals surface area contributed by atoms with Gasteiger partial charge in [0.1, 0.15) is 6.04 Å². The third-order valence-electron chi connectivity index (χ3n) is 1.98. The maximum absolute atomic E-state index is 10.5. The number of nitrogens with zero attached hydrogens (tertiary/aromatic N) is 1. The lowest BCUT2D eigenvalue weighted by atomic mass is 10.3. The van der Waals surface area contributed by atoms with Gasteiger partial charge in [0, 0.05) is 5.75 Å². The minimum absolute atomic E-state index is 0. The van der Waals surface area contributed by atoms with Crippen LogP contribution >= 0.6 is 35.5 Å². The van der Waals surface area contributed by atoms with Crippen LogP contribution in [0.5, 0.6) is 0 Å². The van der Waals surface area contributed by atoms with Crippen LogP contribution in [0.4, 0.5) is 0 Å². The van der Waals surface area contributed by atoms with Crippen molar-refractivity contribution < 1.29 is 9.90 Å². The molecule has 1 heterocycles. The number of thioether (sulfide) groups is 1. The maximum atomic E-state index is 10.5. The van der Waals surface area contributed by atoms with Gasteiger partial charge in [-0.25, -0.2) is 4.98 Å². The molecule has 0 radical (unpaired) electrons. The summed E-state index contributed by atoms with van der Waals surface area (Å²) >= 11 is 2.94. The Morgan fingerprint density at radius 3 is 2.88 bits per heavy atom. The van der Waals surface area contributed by atoms with E-state index in [2.05, 4.69) is 4.98 Å². The van der Waals surface area contributed by atoms with Crippen molar-refractivity contribution >= 4 is 51.7 Å². The fourth-order valence-corrected chi connectivity index (χ4v) is 3.18. The normalized spacial score (nSPS) is 12.1. The number of halogens is 1. The SMILES string of the molecule is Cl.NC(CSc1nc2ccccc2s1)C(=O)O. The molecule has 0 fully saturated rings. The Balaban J connectivity index is 0.00000144. The van der Waals surface area contributed by atoms with Crippen LogP contribution in [0, 0.1) is 0 Å². The largest absolute Gasteiger partial charge is 0.480 e. The minimum Gasteiger partial charge on any atom is -0.480 e. The molecule has 1 aromatic carbocycles. The number of hydrogen-bond donors (Lipinski definition) is 2. The molecule has 1 atom stereocenters. The number of benzene rings is 1. The van der Waals surface area contributed by atoms with Gasteiger partial charge in [-0.05, 0) is 12.1 Å². The number of hydrogen-bond acceptors (Lipinski definition) is 5. The highest BCUT2D eigenvalue weighted by atomic mass is 35.5. The van der Waals surface area contributed by atoms with E-state index in [4.69, 9.17) is 10.8 Å². The molecule has 0 amide bonds. The first-order valence-electron chi connectivity index (χ1n) is 4.63. The number of fused-ring (bicyclic) bond motifs is 1. The Hall–Kier alpha value is -0.820. The summed E-state index contributed by atoms with van der Waals surface area (Å²) in [5, 5.41) is 8.64. The maximum Gasteiger partial charge on any atom is 0.321 e. The van der Waals surface area contributed by atoms with Crippen molar-refractivity contribution in [2.24, 2.45) is 5.73 Å². The summed E-state index contributed by atoms with van der Waals surface area (Å²) in [6, 6.07) is 6.98. The first-order valence-corrected chi connectivity index (χ1v) is 6.44. The Labute approximate surface area is 113 Å². The molecule has 1 unspecified atom stereocenters. The molecular formula is C10H11ClN2O2S2. The highest BCUT2D eigenvalue weighted by Crippen LogP contribution is 2.29. The zero-order valence-corrected chi connectivity index (χ0v) is 11.1. The lowest BCUT2D eigenvalue weighted by Crippen LogP contribution is -2.32. The summed E-state index contributed by atoms with van der Waals surface area (Å²) in [6.45, 7) is 0. The van der Waals surface area contributed by atoms with Crippen molar-refractivity contribution in [1.82, 2.24) is 4.98 Å². The molecule has 4 nitrogen and oxygen atoms in total. The van der Waals surface area contributed by atoms with E-state index >= 15 is 0 Å². The second-order valence-electron chi connectivity index (χ2n) is 3.20. The number of aliphatic carboxylic acids is 1. The Morgan fingerprint density at radius 1 is 1.53 bits per heavy atom. The Bertz CT molecular complexity index is 485. The van der Waals surface area contributed by atoms with Crippen molar-refractivity contribution in [3.8, 4) is 0 Å². The predicted molar refractivity (Wildman–Crippen MR) is 73.2 cm³/mol. The third kappa shape index (κ3) is 3.57. The molecule has 17 heavy (non-hydrogen) atoms. The second-order valence-corrected chi connectivity index (χ2v) is 5.50. The Morgan fingerprint density at radius 2 is 2.24 bits per heavy atom. The summed E-state index contributed by atoms with van der Waals surface area (Å²) < 4.78 is 1.96. The van der Waals surface area contributed by atoms with Gasteiger partial charge in [0.25, 0.3) is 0 Å². The molecule has 0 bridgehead atoms. The van der Waals surface area contributed by atoms with Crippen molar-refractivity contribution in [2.45, 2.75) is 10.4 Å². The van der Waals surface area contributed by atoms with Crippen LogP contribution in [-0.2, 0) is 4.79 Å². The van der Waals surface area contributed by atoms with Gasteiger partial charge >= 0.3 is 5.97 Å². The molecule has 1 aromatic heterocycles. The van der Waals surface area contributed by atoms with Crippen LogP contribution in [0.3, 0.4) is 0 Å². The predicted octanol–water partition coefficient (Wildman–Crippen LogP) is 2.22. The standard InChI is InChI=1S/C10H10N2O2S2.ClH/c11-6(9(13)14)5-15-10-12-7-3-1-2-4-8(7)16-10;/h1-4,6H,5,11H2,(H,13,14);1H. The lowest BCUT2D eigenvalue weighted by Gasteiger charge is -2.02. The third-order valence-corrected chi connectivity index (χ3v) is 4.28. The Kier molecular flexibility index (Phi) is 5.20. The van der Waals surface area contributed by atoms with Crippen LogP contribution in [-0.4, -0.2) is 27.9 Å². The summed E-state index contributed by atoms with van der Waals surface area (Å²) in [6.07, 6.45) is 0. The van der Waals surface area contributed by atoms with E-state index in [1.165, 1.54) is 11.8 Å². The molecule has 0 aliphatic heterocycles. The first-order chi connectivity index (χ1) is 7.66. The van der Waals surface area contributed by atoms with Gasteiger partial charge in [-0.2, -0.15) is 0 Å². The summed E-state index contributed by atoms with van der Waals surface area (Å²) in [5.74, 6) is -0.636. The van der Waals surface area contributed by atoms with Crippen molar-refractivity contribution in [1.29, 1.82) is 0 Å². The van der Waals surface area contributed by atoms with Gasteiger partial charge in [-0.15, -0.1) is 23.7 Å². The molecule has 0 aliphatic rings. The van der Waals surface area contributed by atoms with E-state index < -0.39 is 12.0 Å². The van der Waals surface area contributed by atoms with Gasteiger partial charge in [-0.3, -0.25) is 4.79 Å². The number of aromatic nitrogens is 1. The van der Waals surface area contributed by atoms with E-state index in [1.54, 1.807) is 11.3 Å². The number of rotatable bonds is 4. The van der Waals surface area contributed by atoms with Gasteiger partial charge in [0.2, 0.25) is 0 Å². The molecule has 92 valence electrons. The molecule has 7 heteroatoms. The van der Waals surface area contributed by atoms with Crippen LogP contribution < -0.4 is 5.73 Å². The van der Waals surface area contributed by atoms with Crippen molar-refractivity contribution in [2.75, 3.05) is 5.75 Å². The van der Waals surface area contributed by atoms with Crippen LogP contribution in [0.25, 0.3) is 10.2 Å². The second kappa shape index (κ2) is 6.20. The molecule has 0 aliphatic carbocycles. The average molecular weight is 291 g/mol. The number of para-hydroxylation sites is 1. The summed E-state index contributed by atoms with van der Waals surface area (Å²) in [7, 11) is 0. The van der Waals surface area contributed by atoms with E-state index in [9.17, 15) is 4.79 Å². The van der Waals surface area contributed by atoms with Gasteiger partial charge in [0.15, 0.2) is 4.34 Å². The molecular weight excluding hydrogens is 280 g/mol. The molecule has 0 saturated heterocycles. The smallest absolute Gasteiger partial charge is 0.321 e. The van der Waals surface area contributed by atoms with E-state index in [0.29, 0.717) is 5.75 Å². The minimum atomic E-state index is -0.978. The monoisotopic (exact) mass is 290 g/mol. The van der Waals surface area contributed by atoms with Crippen LogP contribution in [0.1, 0.15) is 0 Å². The lowest BCUT2D eigenvalue weighted by molar-refractivity contribution is -0.137. The number of carboxylic acids is 1. The molecule has 3 N–H and O–H groups in total. The number of carboxylic acid groups (broad SMARTS) is 1. The zero-order chi connectivity index (χ0) is 11.5. The quantitative estimate of drug-likeness (QED) is 0.845. The fraction of sp³-hybridized carbons (Fsp3) is 0.200. The van der Waals surface area contributed by atoms with Crippen molar-refractivity contribution in [3.05, 3.63) is 24.3 Å². The van der Waals surface area contributed by atoms with Crippen molar-refractivity contribution in [3.63, 3.8) is 0 Å². The van der Waals surface area contributed by atoms with Crippen LogP contribution in [0.15, 0.2) is 28.6 Å². The summed E-state index contributed by atoms with van der Waals surface area (Å²) in [4.78, 5) is 14.9. The van der Waals surface area contributed by atoms with E-state index in [-0.39, 0.29) is 12.4 Å². The molecule has 2 aromatic rings. The van der Waals surface area contributed by atoms with Crippen LogP contribution in [0.2, 0.25) is 0 Å². The highest BCUT2D eigenvalue weighted by molar-refractivity contribution is 8.01. The molecule has 0 spiro atoms. The van der Waals surface area contributed by atoms with E-state index in [1.807, 2.05) is 24.3 Å². The van der Waals surface area contributed by atoms with Gasteiger partial charge in [0.05, 0.1) is 10.2 Å². The average Bonchev–Trinajstić information content (AvgIpc) is 2.68. The summed E-state index contributed by atoms with van der Waals surface area (Å²) in [5.41, 5.74) is 6.36. The topological polar surface area (TPSA) is 76.2 Å². The molecule has 0 saturated carbocycles. The highest BCUT2D eigenvalue weighted by Gasteiger charge is 2.13. The molecule has 2 rings (SSSR count). The fourth-order valence-electron chi connectivity index (χ4n) is 1.15. The van der Waals surface area contributed by atoms with Gasteiger partial charge in [-0.1, -0.05) is 23.9 Å². The number of nitrogens with two attached hydrogens (primary N) is 1. The first kappa shape index (κ1) is 14.2. The van der Waals surface area contributed by atoms with Gasteiger partial charge < -0.3 is 10.8 Å².